The third-order valence-corrected chi connectivity index (χ3v) is 3.10. The van der Waals surface area contributed by atoms with E-state index in [1.54, 1.807) is 13.0 Å². The van der Waals surface area contributed by atoms with Crippen molar-refractivity contribution in [3.63, 3.8) is 0 Å². The Labute approximate surface area is 97.8 Å². The van der Waals surface area contributed by atoms with Gasteiger partial charge in [-0.05, 0) is 47.3 Å². The van der Waals surface area contributed by atoms with Crippen molar-refractivity contribution in [2.45, 2.75) is 25.9 Å². The van der Waals surface area contributed by atoms with Gasteiger partial charge in [-0.15, -0.1) is 0 Å². The number of halogens is 1. The van der Waals surface area contributed by atoms with E-state index in [4.69, 9.17) is 4.74 Å². The molecule has 0 saturated carbocycles. The molecular formula is C11H15BrO3. The van der Waals surface area contributed by atoms with Gasteiger partial charge < -0.3 is 14.9 Å². The largest absolute Gasteiger partial charge is 0.503 e. The molecule has 1 rings (SSSR count). The standard InChI is InChI=1S/C11H15BrO3/c1-7(13)3-4-8-5-6-9(15-2)11(14)10(8)12/h5-7,13-14H,3-4H2,1-2H3. The van der Waals surface area contributed by atoms with Crippen LogP contribution in [-0.2, 0) is 6.42 Å². The first kappa shape index (κ1) is 12.3. The van der Waals surface area contributed by atoms with Crippen molar-refractivity contribution >= 4 is 15.9 Å². The van der Waals surface area contributed by atoms with Gasteiger partial charge in [0.25, 0.3) is 0 Å². The number of phenols is 1. The number of aliphatic hydroxyl groups is 1. The van der Waals surface area contributed by atoms with Crippen LogP contribution in [0.15, 0.2) is 16.6 Å². The molecule has 15 heavy (non-hydrogen) atoms. The van der Waals surface area contributed by atoms with Gasteiger partial charge in [0.1, 0.15) is 0 Å². The summed E-state index contributed by atoms with van der Waals surface area (Å²) in [6, 6.07) is 3.60. The van der Waals surface area contributed by atoms with E-state index in [1.165, 1.54) is 7.11 Å². The second-order valence-electron chi connectivity index (χ2n) is 3.48. The van der Waals surface area contributed by atoms with Crippen molar-refractivity contribution in [2.24, 2.45) is 0 Å². The zero-order valence-electron chi connectivity index (χ0n) is 8.83. The summed E-state index contributed by atoms with van der Waals surface area (Å²) in [6.07, 6.45) is 1.06. The monoisotopic (exact) mass is 274 g/mol. The maximum atomic E-state index is 9.71. The van der Waals surface area contributed by atoms with E-state index < -0.39 is 0 Å². The predicted molar refractivity (Wildman–Crippen MR) is 62.4 cm³/mol. The maximum Gasteiger partial charge on any atom is 0.172 e. The number of ether oxygens (including phenoxy) is 1. The molecule has 0 aromatic heterocycles. The Morgan fingerprint density at radius 1 is 1.47 bits per heavy atom. The fourth-order valence-corrected chi connectivity index (χ4v) is 1.84. The van der Waals surface area contributed by atoms with Crippen LogP contribution in [-0.4, -0.2) is 23.4 Å². The molecule has 1 aromatic rings. The molecule has 3 nitrogen and oxygen atoms in total. The summed E-state index contributed by atoms with van der Waals surface area (Å²) in [6.45, 7) is 1.75. The summed E-state index contributed by atoms with van der Waals surface area (Å²) < 4.78 is 5.62. The van der Waals surface area contributed by atoms with Crippen molar-refractivity contribution in [3.05, 3.63) is 22.2 Å². The third kappa shape index (κ3) is 3.11. The number of aryl methyl sites for hydroxylation is 1. The minimum absolute atomic E-state index is 0.112. The fourth-order valence-electron chi connectivity index (χ4n) is 1.31. The molecule has 0 fully saturated rings. The van der Waals surface area contributed by atoms with Crippen molar-refractivity contribution in [1.29, 1.82) is 0 Å². The number of phenolic OH excluding ortho intramolecular Hbond substituents is 1. The highest BCUT2D eigenvalue weighted by Gasteiger charge is 2.11. The van der Waals surface area contributed by atoms with Crippen molar-refractivity contribution in [3.8, 4) is 11.5 Å². The van der Waals surface area contributed by atoms with E-state index in [2.05, 4.69) is 15.9 Å². The highest BCUT2D eigenvalue weighted by atomic mass is 79.9. The Morgan fingerprint density at radius 3 is 2.67 bits per heavy atom. The fraction of sp³-hybridized carbons (Fsp3) is 0.455. The second kappa shape index (κ2) is 5.37. The zero-order chi connectivity index (χ0) is 11.4. The first-order chi connectivity index (χ1) is 7.06. The lowest BCUT2D eigenvalue weighted by Crippen LogP contribution is -2.02. The van der Waals surface area contributed by atoms with Crippen LogP contribution in [0.25, 0.3) is 0 Å². The molecule has 1 unspecified atom stereocenters. The Bertz CT molecular complexity index is 337. The molecule has 0 saturated heterocycles. The smallest absolute Gasteiger partial charge is 0.172 e. The summed E-state index contributed by atoms with van der Waals surface area (Å²) in [7, 11) is 1.51. The minimum Gasteiger partial charge on any atom is -0.503 e. The van der Waals surface area contributed by atoms with Crippen molar-refractivity contribution < 1.29 is 14.9 Å². The van der Waals surface area contributed by atoms with E-state index in [-0.39, 0.29) is 11.9 Å². The highest BCUT2D eigenvalue weighted by Crippen LogP contribution is 2.36. The molecule has 0 heterocycles. The van der Waals surface area contributed by atoms with Gasteiger partial charge in [-0.3, -0.25) is 0 Å². The highest BCUT2D eigenvalue weighted by molar-refractivity contribution is 9.10. The van der Waals surface area contributed by atoms with E-state index in [9.17, 15) is 10.2 Å². The van der Waals surface area contributed by atoms with Crippen molar-refractivity contribution in [2.75, 3.05) is 7.11 Å². The van der Waals surface area contributed by atoms with Gasteiger partial charge in [-0.2, -0.15) is 0 Å². The van der Waals surface area contributed by atoms with Gasteiger partial charge in [0.15, 0.2) is 11.5 Å². The van der Waals surface area contributed by atoms with Gasteiger partial charge >= 0.3 is 0 Å². The summed E-state index contributed by atoms with van der Waals surface area (Å²) in [5, 5.41) is 18.9. The lowest BCUT2D eigenvalue weighted by atomic mass is 10.1. The van der Waals surface area contributed by atoms with Gasteiger partial charge in [0, 0.05) is 0 Å². The molecule has 4 heteroatoms. The number of benzene rings is 1. The van der Waals surface area contributed by atoms with Crippen LogP contribution in [0.4, 0.5) is 0 Å². The maximum absolute atomic E-state index is 9.71. The van der Waals surface area contributed by atoms with Crippen LogP contribution in [0.1, 0.15) is 18.9 Å². The van der Waals surface area contributed by atoms with Crippen LogP contribution in [0.3, 0.4) is 0 Å². The van der Waals surface area contributed by atoms with E-state index in [0.29, 0.717) is 16.6 Å². The normalized spacial score (nSPS) is 12.5. The number of rotatable bonds is 4. The van der Waals surface area contributed by atoms with E-state index in [1.807, 2.05) is 6.07 Å². The summed E-state index contributed by atoms with van der Waals surface area (Å²) in [4.78, 5) is 0. The molecular weight excluding hydrogens is 260 g/mol. The molecule has 0 aliphatic rings. The molecule has 0 bridgehead atoms. The van der Waals surface area contributed by atoms with Crippen LogP contribution in [0.5, 0.6) is 11.5 Å². The number of aromatic hydroxyl groups is 1. The Balaban J connectivity index is 2.87. The minimum atomic E-state index is -0.332. The second-order valence-corrected chi connectivity index (χ2v) is 4.27. The lowest BCUT2D eigenvalue weighted by Gasteiger charge is -2.10. The summed E-state index contributed by atoms with van der Waals surface area (Å²) in [5.74, 6) is 0.559. The predicted octanol–water partition coefficient (Wildman–Crippen LogP) is 2.48. The Kier molecular flexibility index (Phi) is 4.42. The topological polar surface area (TPSA) is 49.7 Å². The molecule has 1 atom stereocenters. The third-order valence-electron chi connectivity index (χ3n) is 2.21. The quantitative estimate of drug-likeness (QED) is 0.887. The SMILES string of the molecule is COc1ccc(CCC(C)O)c(Br)c1O. The molecule has 2 N–H and O–H groups in total. The summed E-state index contributed by atoms with van der Waals surface area (Å²) >= 11 is 3.31. The number of methoxy groups -OCH3 is 1. The zero-order valence-corrected chi connectivity index (χ0v) is 10.4. The van der Waals surface area contributed by atoms with Gasteiger partial charge in [-0.1, -0.05) is 6.07 Å². The van der Waals surface area contributed by atoms with Crippen LogP contribution in [0, 0.1) is 0 Å². The molecule has 0 aliphatic heterocycles. The number of hydrogen-bond donors (Lipinski definition) is 2. The number of hydrogen-bond acceptors (Lipinski definition) is 3. The van der Waals surface area contributed by atoms with E-state index in [0.717, 1.165) is 12.0 Å². The summed E-state index contributed by atoms with van der Waals surface area (Å²) in [5.41, 5.74) is 0.967. The van der Waals surface area contributed by atoms with Gasteiger partial charge in [0.2, 0.25) is 0 Å². The molecule has 0 aliphatic carbocycles. The van der Waals surface area contributed by atoms with Gasteiger partial charge in [0.05, 0.1) is 17.7 Å². The van der Waals surface area contributed by atoms with Crippen LogP contribution in [0.2, 0.25) is 0 Å². The number of aliphatic hydroxyl groups excluding tert-OH is 1. The Morgan fingerprint density at radius 2 is 2.13 bits per heavy atom. The molecule has 0 spiro atoms. The first-order valence-corrected chi connectivity index (χ1v) is 5.58. The molecule has 0 amide bonds. The molecule has 84 valence electrons. The lowest BCUT2D eigenvalue weighted by molar-refractivity contribution is 0.185. The van der Waals surface area contributed by atoms with E-state index >= 15 is 0 Å². The van der Waals surface area contributed by atoms with Crippen LogP contribution < -0.4 is 4.74 Å². The molecule has 0 radical (unpaired) electrons. The van der Waals surface area contributed by atoms with Crippen molar-refractivity contribution in [1.82, 2.24) is 0 Å². The average molecular weight is 275 g/mol. The average Bonchev–Trinajstić information content (AvgIpc) is 2.20. The molecule has 1 aromatic carbocycles. The van der Waals surface area contributed by atoms with Crippen LogP contribution >= 0.6 is 15.9 Å². The Hall–Kier alpha value is -0.740. The first-order valence-electron chi connectivity index (χ1n) is 4.78. The van der Waals surface area contributed by atoms with Gasteiger partial charge in [-0.25, -0.2) is 0 Å².